The lowest BCUT2D eigenvalue weighted by Gasteiger charge is -1.95. The monoisotopic (exact) mass is 258 g/mol. The molecule has 4 nitrogen and oxygen atoms in total. The molecule has 0 saturated carbocycles. The second kappa shape index (κ2) is 7.55. The number of aromatic hydroxyl groups is 2. The largest absolute Gasteiger partial charge is 0.508 e. The lowest BCUT2D eigenvalue weighted by Crippen LogP contribution is -1.85. The molecule has 0 aliphatic heterocycles. The molecule has 2 aromatic carbocycles. The SMILES string of the molecule is O=C(O)/C=C/c1ccccc1O.Oc1ccccc1. The highest BCUT2D eigenvalue weighted by atomic mass is 16.4. The van der Waals surface area contributed by atoms with Crippen LogP contribution in [0.1, 0.15) is 5.56 Å². The normalized spacial score (nSPS) is 9.68. The van der Waals surface area contributed by atoms with Gasteiger partial charge in [0.1, 0.15) is 11.5 Å². The molecule has 2 rings (SSSR count). The van der Waals surface area contributed by atoms with E-state index in [1.807, 2.05) is 6.07 Å². The van der Waals surface area contributed by atoms with E-state index in [9.17, 15) is 9.90 Å². The fourth-order valence-corrected chi connectivity index (χ4v) is 1.22. The Hall–Kier alpha value is -2.75. The summed E-state index contributed by atoms with van der Waals surface area (Å²) in [6.07, 6.45) is 2.33. The van der Waals surface area contributed by atoms with Crippen LogP contribution in [0.2, 0.25) is 0 Å². The Morgan fingerprint density at radius 1 is 0.895 bits per heavy atom. The second-order valence-electron chi connectivity index (χ2n) is 3.57. The van der Waals surface area contributed by atoms with Crippen LogP contribution < -0.4 is 0 Å². The fraction of sp³-hybridized carbons (Fsp3) is 0. The van der Waals surface area contributed by atoms with E-state index < -0.39 is 5.97 Å². The summed E-state index contributed by atoms with van der Waals surface area (Å²) in [7, 11) is 0. The van der Waals surface area contributed by atoms with Crippen LogP contribution in [0.25, 0.3) is 6.08 Å². The van der Waals surface area contributed by atoms with Gasteiger partial charge >= 0.3 is 5.97 Å². The summed E-state index contributed by atoms with van der Waals surface area (Å²) >= 11 is 0. The molecular formula is C15H14O4. The smallest absolute Gasteiger partial charge is 0.328 e. The number of hydrogen-bond donors (Lipinski definition) is 3. The van der Waals surface area contributed by atoms with E-state index in [1.165, 1.54) is 12.1 Å². The van der Waals surface area contributed by atoms with Crippen molar-refractivity contribution in [1.29, 1.82) is 0 Å². The number of para-hydroxylation sites is 2. The number of hydrogen-bond acceptors (Lipinski definition) is 3. The molecule has 0 radical (unpaired) electrons. The number of phenols is 2. The predicted molar refractivity (Wildman–Crippen MR) is 72.9 cm³/mol. The van der Waals surface area contributed by atoms with Crippen LogP contribution in [-0.4, -0.2) is 21.3 Å². The summed E-state index contributed by atoms with van der Waals surface area (Å²) in [5.41, 5.74) is 0.500. The van der Waals surface area contributed by atoms with Crippen LogP contribution >= 0.6 is 0 Å². The van der Waals surface area contributed by atoms with Gasteiger partial charge in [-0.15, -0.1) is 0 Å². The summed E-state index contributed by atoms with van der Waals surface area (Å²) < 4.78 is 0. The first-order chi connectivity index (χ1) is 9.09. The van der Waals surface area contributed by atoms with E-state index >= 15 is 0 Å². The molecule has 2 aromatic rings. The molecule has 0 amide bonds. The van der Waals surface area contributed by atoms with E-state index in [2.05, 4.69) is 0 Å². The van der Waals surface area contributed by atoms with Crippen molar-refractivity contribution in [1.82, 2.24) is 0 Å². The molecule has 0 saturated heterocycles. The Bertz CT molecular complexity index is 547. The number of carbonyl (C=O) groups is 1. The third kappa shape index (κ3) is 5.93. The fourth-order valence-electron chi connectivity index (χ4n) is 1.22. The Kier molecular flexibility index (Phi) is 5.69. The topological polar surface area (TPSA) is 77.8 Å². The number of rotatable bonds is 2. The highest BCUT2D eigenvalue weighted by molar-refractivity contribution is 5.85. The van der Waals surface area contributed by atoms with Crippen molar-refractivity contribution >= 4 is 12.0 Å². The second-order valence-corrected chi connectivity index (χ2v) is 3.57. The Balaban J connectivity index is 0.000000218. The highest BCUT2D eigenvalue weighted by Gasteiger charge is 1.94. The maximum Gasteiger partial charge on any atom is 0.328 e. The first-order valence-corrected chi connectivity index (χ1v) is 5.52. The van der Waals surface area contributed by atoms with Crippen molar-refractivity contribution < 1.29 is 20.1 Å². The highest BCUT2D eigenvalue weighted by Crippen LogP contribution is 2.16. The van der Waals surface area contributed by atoms with Crippen LogP contribution in [0.15, 0.2) is 60.7 Å². The summed E-state index contributed by atoms with van der Waals surface area (Å²) in [5, 5.41) is 26.1. The molecular weight excluding hydrogens is 244 g/mol. The number of phenolic OH excluding ortho intramolecular Hbond substituents is 2. The zero-order valence-corrected chi connectivity index (χ0v) is 10.1. The molecule has 0 spiro atoms. The average molecular weight is 258 g/mol. The van der Waals surface area contributed by atoms with Crippen LogP contribution in [0.4, 0.5) is 0 Å². The van der Waals surface area contributed by atoms with E-state index in [0.29, 0.717) is 11.3 Å². The van der Waals surface area contributed by atoms with Crippen molar-refractivity contribution in [3.63, 3.8) is 0 Å². The van der Waals surface area contributed by atoms with E-state index in [0.717, 1.165) is 6.08 Å². The molecule has 19 heavy (non-hydrogen) atoms. The van der Waals surface area contributed by atoms with Crippen molar-refractivity contribution in [2.24, 2.45) is 0 Å². The molecule has 0 fully saturated rings. The predicted octanol–water partition coefficient (Wildman–Crippen LogP) is 2.88. The molecule has 3 N–H and O–H groups in total. The first kappa shape index (κ1) is 14.3. The van der Waals surface area contributed by atoms with Gasteiger partial charge in [-0.3, -0.25) is 0 Å². The number of benzene rings is 2. The van der Waals surface area contributed by atoms with Crippen LogP contribution in [0.3, 0.4) is 0 Å². The molecule has 98 valence electrons. The Labute approximate surface area is 110 Å². The molecule has 0 aliphatic rings. The van der Waals surface area contributed by atoms with Crippen molar-refractivity contribution in [2.75, 3.05) is 0 Å². The maximum atomic E-state index is 10.1. The van der Waals surface area contributed by atoms with Gasteiger partial charge in [0.15, 0.2) is 0 Å². The Morgan fingerprint density at radius 2 is 1.47 bits per heavy atom. The molecule has 0 atom stereocenters. The summed E-state index contributed by atoms with van der Waals surface area (Å²) in [6.45, 7) is 0. The zero-order valence-electron chi connectivity index (χ0n) is 10.1. The van der Waals surface area contributed by atoms with E-state index in [4.69, 9.17) is 10.2 Å². The van der Waals surface area contributed by atoms with Crippen LogP contribution in [0, 0.1) is 0 Å². The van der Waals surface area contributed by atoms with Crippen molar-refractivity contribution in [2.45, 2.75) is 0 Å². The van der Waals surface area contributed by atoms with Crippen molar-refractivity contribution in [3.05, 3.63) is 66.2 Å². The molecule has 4 heteroatoms. The molecule has 0 unspecified atom stereocenters. The molecule has 0 bridgehead atoms. The number of aliphatic carboxylic acids is 1. The van der Waals surface area contributed by atoms with Gasteiger partial charge in [-0.2, -0.15) is 0 Å². The van der Waals surface area contributed by atoms with Gasteiger partial charge in [0.2, 0.25) is 0 Å². The van der Waals surface area contributed by atoms with Gasteiger partial charge < -0.3 is 15.3 Å². The minimum Gasteiger partial charge on any atom is -0.508 e. The summed E-state index contributed by atoms with van der Waals surface area (Å²) in [6, 6.07) is 15.2. The summed E-state index contributed by atoms with van der Waals surface area (Å²) in [5.74, 6) is -0.629. The minimum atomic E-state index is -1.03. The third-order valence-corrected chi connectivity index (χ3v) is 2.10. The van der Waals surface area contributed by atoms with Gasteiger partial charge in [0.05, 0.1) is 0 Å². The zero-order chi connectivity index (χ0) is 14.1. The lowest BCUT2D eigenvalue weighted by atomic mass is 10.2. The quantitative estimate of drug-likeness (QED) is 0.724. The maximum absolute atomic E-state index is 10.1. The number of carboxylic acid groups (broad SMARTS) is 1. The standard InChI is InChI=1S/C9H8O3.C6H6O/c10-8-4-2-1-3-7(8)5-6-9(11)12;7-6-4-2-1-3-5-6/h1-6,10H,(H,11,12);1-5,7H/b6-5+;. The van der Waals surface area contributed by atoms with E-state index in [-0.39, 0.29) is 5.75 Å². The average Bonchev–Trinajstić information content (AvgIpc) is 2.39. The lowest BCUT2D eigenvalue weighted by molar-refractivity contribution is -0.131. The first-order valence-electron chi connectivity index (χ1n) is 5.52. The van der Waals surface area contributed by atoms with Crippen molar-refractivity contribution in [3.8, 4) is 11.5 Å². The van der Waals surface area contributed by atoms with Gasteiger partial charge in [0.25, 0.3) is 0 Å². The third-order valence-electron chi connectivity index (χ3n) is 2.10. The van der Waals surface area contributed by atoms with Gasteiger partial charge in [-0.25, -0.2) is 4.79 Å². The van der Waals surface area contributed by atoms with Crippen LogP contribution in [-0.2, 0) is 4.79 Å². The van der Waals surface area contributed by atoms with E-state index in [1.54, 1.807) is 42.5 Å². The Morgan fingerprint density at radius 3 is 1.95 bits per heavy atom. The summed E-state index contributed by atoms with van der Waals surface area (Å²) in [4.78, 5) is 10.1. The van der Waals surface area contributed by atoms with Gasteiger partial charge in [0, 0.05) is 11.6 Å². The number of carboxylic acids is 1. The van der Waals surface area contributed by atoms with Gasteiger partial charge in [-0.1, -0.05) is 36.4 Å². The van der Waals surface area contributed by atoms with Gasteiger partial charge in [-0.05, 0) is 24.3 Å². The molecule has 0 aliphatic carbocycles. The van der Waals surface area contributed by atoms with Crippen LogP contribution in [0.5, 0.6) is 11.5 Å². The molecule has 0 heterocycles. The molecule has 0 aromatic heterocycles. The minimum absolute atomic E-state index is 0.0787.